The van der Waals surface area contributed by atoms with Crippen LogP contribution in [0.1, 0.15) is 58.9 Å². The molecule has 0 spiro atoms. The van der Waals surface area contributed by atoms with Gasteiger partial charge in [-0.15, -0.1) is 0 Å². The predicted octanol–water partition coefficient (Wildman–Crippen LogP) is 2.78. The van der Waals surface area contributed by atoms with Crippen LogP contribution in [0.3, 0.4) is 0 Å². The molecule has 2 aromatic rings. The van der Waals surface area contributed by atoms with Gasteiger partial charge in [-0.05, 0) is 50.4 Å². The Morgan fingerprint density at radius 3 is 2.42 bits per heavy atom. The van der Waals surface area contributed by atoms with Gasteiger partial charge in [-0.3, -0.25) is 9.59 Å². The molecule has 0 aromatic heterocycles. The zero-order chi connectivity index (χ0) is 31.6. The second-order valence-electron chi connectivity index (χ2n) is 11.5. The Morgan fingerprint density at radius 1 is 1.05 bits per heavy atom. The van der Waals surface area contributed by atoms with Gasteiger partial charge >= 0.3 is 0 Å². The van der Waals surface area contributed by atoms with Crippen LogP contribution in [0, 0.1) is 5.92 Å². The van der Waals surface area contributed by atoms with E-state index < -0.39 is 22.0 Å². The molecule has 2 amide bonds. The van der Waals surface area contributed by atoms with Crippen LogP contribution in [0.15, 0.2) is 53.4 Å². The van der Waals surface area contributed by atoms with Crippen molar-refractivity contribution >= 4 is 21.8 Å². The lowest BCUT2D eigenvalue weighted by Gasteiger charge is -2.40. The van der Waals surface area contributed by atoms with Crippen LogP contribution in [0.4, 0.5) is 0 Å². The largest absolute Gasteiger partial charge is 0.451 e. The van der Waals surface area contributed by atoms with Gasteiger partial charge in [0.05, 0.1) is 11.4 Å². The maximum absolute atomic E-state index is 14.2. The molecule has 12 heteroatoms. The normalized spacial score (nSPS) is 16.6. The van der Waals surface area contributed by atoms with Crippen molar-refractivity contribution in [3.8, 4) is 11.5 Å². The highest BCUT2D eigenvalue weighted by atomic mass is 32.2. The second kappa shape index (κ2) is 15.5. The van der Waals surface area contributed by atoms with E-state index in [-0.39, 0.29) is 67.6 Å². The summed E-state index contributed by atoms with van der Waals surface area (Å²) in [6, 6.07) is 13.6. The van der Waals surface area contributed by atoms with E-state index in [0.29, 0.717) is 24.3 Å². The molecule has 1 aliphatic rings. The fraction of sp³-hybridized carbons (Fsp3) is 0.548. The maximum Gasteiger partial charge on any atom is 0.245 e. The lowest BCUT2D eigenvalue weighted by molar-refractivity contribution is -0.122. The smallest absolute Gasteiger partial charge is 0.245 e. The van der Waals surface area contributed by atoms with E-state index >= 15 is 0 Å². The van der Waals surface area contributed by atoms with E-state index in [1.165, 1.54) is 12.1 Å². The highest BCUT2D eigenvalue weighted by Gasteiger charge is 2.43. The second-order valence-corrected chi connectivity index (χ2v) is 13.3. The minimum atomic E-state index is -4.21. The minimum Gasteiger partial charge on any atom is -0.451 e. The number of aliphatic hydroxyl groups is 1. The number of nitrogens with zero attached hydrogens (tertiary/aromatic N) is 1. The first kappa shape index (κ1) is 34.3. The number of carbonyl (C=O) groups excluding carboxylic acids is 2. The van der Waals surface area contributed by atoms with Gasteiger partial charge in [-0.2, -0.15) is 4.31 Å². The van der Waals surface area contributed by atoms with Crippen molar-refractivity contribution < 1.29 is 32.6 Å². The summed E-state index contributed by atoms with van der Waals surface area (Å²) in [6.07, 6.45) is 0.914. The number of ether oxygens (including phenoxy) is 2. The molecule has 0 bridgehead atoms. The molecule has 3 unspecified atom stereocenters. The zero-order valence-corrected chi connectivity index (χ0v) is 26.6. The number of carbonyl (C=O) groups is 2. The van der Waals surface area contributed by atoms with Crippen LogP contribution in [0.5, 0.6) is 11.5 Å². The standard InChI is InChI=1S/C31H46N4O7S/c1-22(2)21-35(43(39,40)26-14-15-27-28(18-26)42-24(4)41-27)31(38,19-25-11-7-6-8-12-25)16-17-33-29(36)13-9-10-23(3)34-30(37)20-32-5/h6-8,11-12,14-15,18,22-24,32,38H,9-10,13,16-17,19-21H2,1-5H3,(H,33,36)(H,34,37). The SMILES string of the molecule is CNCC(=O)NC(C)CCCC(=O)NCCC(O)(Cc1ccccc1)N(CC(C)C)S(=O)(=O)c1ccc2c(c1)OC(C)O2. The van der Waals surface area contributed by atoms with Gasteiger partial charge in [0, 0.05) is 51.4 Å². The summed E-state index contributed by atoms with van der Waals surface area (Å²) in [6.45, 7) is 7.73. The molecule has 3 atom stereocenters. The van der Waals surface area contributed by atoms with Crippen molar-refractivity contribution in [3.05, 3.63) is 54.1 Å². The molecule has 0 radical (unpaired) electrons. The van der Waals surface area contributed by atoms with Crippen molar-refractivity contribution in [3.63, 3.8) is 0 Å². The van der Waals surface area contributed by atoms with E-state index in [2.05, 4.69) is 16.0 Å². The lowest BCUT2D eigenvalue weighted by atomic mass is 9.98. The summed E-state index contributed by atoms with van der Waals surface area (Å²) in [7, 11) is -2.51. The molecule has 43 heavy (non-hydrogen) atoms. The minimum absolute atomic E-state index is 0.0175. The highest BCUT2D eigenvalue weighted by molar-refractivity contribution is 7.89. The van der Waals surface area contributed by atoms with Gasteiger partial charge in [-0.1, -0.05) is 44.2 Å². The van der Waals surface area contributed by atoms with Gasteiger partial charge in [0.1, 0.15) is 5.72 Å². The molecule has 0 saturated heterocycles. The van der Waals surface area contributed by atoms with Crippen LogP contribution >= 0.6 is 0 Å². The highest BCUT2D eigenvalue weighted by Crippen LogP contribution is 2.38. The van der Waals surface area contributed by atoms with Gasteiger partial charge in [0.15, 0.2) is 11.5 Å². The number of hydrogen-bond acceptors (Lipinski definition) is 8. The first-order chi connectivity index (χ1) is 20.3. The molecule has 2 aromatic carbocycles. The average Bonchev–Trinajstić information content (AvgIpc) is 3.31. The van der Waals surface area contributed by atoms with Crippen molar-refractivity contribution in [2.24, 2.45) is 5.92 Å². The summed E-state index contributed by atoms with van der Waals surface area (Å²) in [5.74, 6) is 0.371. The predicted molar refractivity (Wildman–Crippen MR) is 164 cm³/mol. The van der Waals surface area contributed by atoms with Crippen molar-refractivity contribution in [2.75, 3.05) is 26.7 Å². The summed E-state index contributed by atoms with van der Waals surface area (Å²) >= 11 is 0. The summed E-state index contributed by atoms with van der Waals surface area (Å²) in [5, 5.41) is 20.7. The Morgan fingerprint density at radius 2 is 1.74 bits per heavy atom. The Bertz CT molecular complexity index is 1320. The quantitative estimate of drug-likeness (QED) is 0.198. The van der Waals surface area contributed by atoms with Crippen molar-refractivity contribution in [1.29, 1.82) is 0 Å². The fourth-order valence-corrected chi connectivity index (χ4v) is 6.86. The van der Waals surface area contributed by atoms with E-state index in [0.717, 1.165) is 9.87 Å². The third-order valence-corrected chi connectivity index (χ3v) is 8.97. The van der Waals surface area contributed by atoms with E-state index in [9.17, 15) is 23.1 Å². The molecule has 0 saturated carbocycles. The molecular weight excluding hydrogens is 572 g/mol. The first-order valence-corrected chi connectivity index (χ1v) is 16.2. The number of nitrogens with one attached hydrogen (secondary N) is 3. The number of rotatable bonds is 17. The Balaban J connectivity index is 1.76. The van der Waals surface area contributed by atoms with E-state index in [4.69, 9.17) is 9.47 Å². The molecule has 238 valence electrons. The molecule has 1 aliphatic heterocycles. The van der Waals surface area contributed by atoms with Crippen LogP contribution in [0.25, 0.3) is 0 Å². The van der Waals surface area contributed by atoms with Gasteiger partial charge < -0.3 is 30.5 Å². The number of benzene rings is 2. The Labute approximate surface area is 255 Å². The monoisotopic (exact) mass is 618 g/mol. The third-order valence-electron chi connectivity index (χ3n) is 7.05. The zero-order valence-electron chi connectivity index (χ0n) is 25.8. The first-order valence-electron chi connectivity index (χ1n) is 14.8. The maximum atomic E-state index is 14.2. The summed E-state index contributed by atoms with van der Waals surface area (Å²) in [5.41, 5.74) is -1.08. The molecule has 0 aliphatic carbocycles. The molecule has 0 fully saturated rings. The Kier molecular flexibility index (Phi) is 12.4. The molecule has 1 heterocycles. The topological polar surface area (TPSA) is 146 Å². The van der Waals surface area contributed by atoms with Crippen LogP contribution < -0.4 is 25.4 Å². The molecule has 3 rings (SSSR count). The summed E-state index contributed by atoms with van der Waals surface area (Å²) in [4.78, 5) is 24.4. The summed E-state index contributed by atoms with van der Waals surface area (Å²) < 4.78 is 40.6. The third kappa shape index (κ3) is 9.92. The van der Waals surface area contributed by atoms with Gasteiger partial charge in [0.2, 0.25) is 28.1 Å². The van der Waals surface area contributed by atoms with Crippen LogP contribution in [-0.2, 0) is 26.0 Å². The van der Waals surface area contributed by atoms with Crippen LogP contribution in [0.2, 0.25) is 0 Å². The van der Waals surface area contributed by atoms with Crippen LogP contribution in [-0.4, -0.2) is 74.4 Å². The van der Waals surface area contributed by atoms with Gasteiger partial charge in [-0.25, -0.2) is 8.42 Å². The Hall–Kier alpha value is -3.19. The number of amides is 2. The van der Waals surface area contributed by atoms with Crippen molar-refractivity contribution in [1.82, 2.24) is 20.3 Å². The number of likely N-dealkylation sites (N-methyl/N-ethyl adjacent to an activating group) is 1. The lowest BCUT2D eigenvalue weighted by Crippen LogP contribution is -2.55. The number of hydrogen-bond donors (Lipinski definition) is 4. The van der Waals surface area contributed by atoms with Gasteiger partial charge in [0.25, 0.3) is 0 Å². The number of sulfonamides is 1. The molecule has 11 nitrogen and oxygen atoms in total. The van der Waals surface area contributed by atoms with Crippen molar-refractivity contribution in [2.45, 2.75) is 82.8 Å². The molecule has 4 N–H and O–H groups in total. The van der Waals surface area contributed by atoms with E-state index in [1.54, 1.807) is 20.0 Å². The fourth-order valence-electron chi connectivity index (χ4n) is 5.01. The average molecular weight is 619 g/mol. The number of fused-ring (bicyclic) bond motifs is 1. The van der Waals surface area contributed by atoms with E-state index in [1.807, 2.05) is 51.1 Å². The molecular formula is C31H46N4O7S.